The van der Waals surface area contributed by atoms with Gasteiger partial charge in [-0.1, -0.05) is 44.0 Å². The lowest BCUT2D eigenvalue weighted by Crippen LogP contribution is -2.21. The van der Waals surface area contributed by atoms with E-state index in [1.54, 1.807) is 28.4 Å². The fourth-order valence-corrected chi connectivity index (χ4v) is 4.89. The Hall–Kier alpha value is -1.40. The summed E-state index contributed by atoms with van der Waals surface area (Å²) in [4.78, 5) is 0. The first kappa shape index (κ1) is 24.9. The first-order chi connectivity index (χ1) is 14.6. The highest BCUT2D eigenvalue weighted by molar-refractivity contribution is 9.09. The van der Waals surface area contributed by atoms with Gasteiger partial charge in [0.05, 0.1) is 28.4 Å². The number of alkyl halides is 2. The second-order valence-electron chi connectivity index (χ2n) is 7.29. The molecule has 30 heavy (non-hydrogen) atoms. The third kappa shape index (κ3) is 6.81. The van der Waals surface area contributed by atoms with Crippen molar-refractivity contribution < 1.29 is 18.9 Å². The van der Waals surface area contributed by atoms with Crippen molar-refractivity contribution in [1.82, 2.24) is 0 Å². The topological polar surface area (TPSA) is 36.9 Å². The molecule has 6 heteroatoms. The zero-order valence-corrected chi connectivity index (χ0v) is 21.4. The maximum Gasteiger partial charge on any atom is 0.160 e. The summed E-state index contributed by atoms with van der Waals surface area (Å²) in [6.45, 7) is 0. The molecule has 0 spiro atoms. The SMILES string of the molecule is COc1ccc(C[C@@H](CBr)[C@H](CCCBr)Cc2ccc(OC)c(OC)c2)cc1OC. The summed E-state index contributed by atoms with van der Waals surface area (Å²) < 4.78 is 21.8. The zero-order chi connectivity index (χ0) is 21.9. The monoisotopic (exact) mass is 542 g/mol. The van der Waals surface area contributed by atoms with Crippen LogP contribution in [0.1, 0.15) is 24.0 Å². The second-order valence-corrected chi connectivity index (χ2v) is 8.73. The molecule has 2 atom stereocenters. The van der Waals surface area contributed by atoms with E-state index in [9.17, 15) is 0 Å². The van der Waals surface area contributed by atoms with Crippen LogP contribution >= 0.6 is 31.9 Å². The van der Waals surface area contributed by atoms with Crippen LogP contribution in [0.2, 0.25) is 0 Å². The van der Waals surface area contributed by atoms with Gasteiger partial charge in [0.1, 0.15) is 0 Å². The lowest BCUT2D eigenvalue weighted by molar-refractivity contribution is 0.331. The molecule has 166 valence electrons. The van der Waals surface area contributed by atoms with Crippen LogP contribution in [0.25, 0.3) is 0 Å². The van der Waals surface area contributed by atoms with Crippen molar-refractivity contribution in [2.24, 2.45) is 11.8 Å². The van der Waals surface area contributed by atoms with Crippen molar-refractivity contribution in [2.75, 3.05) is 39.1 Å². The lowest BCUT2D eigenvalue weighted by Gasteiger charge is -2.27. The number of halogens is 2. The van der Waals surface area contributed by atoms with E-state index in [-0.39, 0.29) is 0 Å². The van der Waals surface area contributed by atoms with Gasteiger partial charge < -0.3 is 18.9 Å². The van der Waals surface area contributed by atoms with Gasteiger partial charge in [-0.2, -0.15) is 0 Å². The number of rotatable bonds is 13. The van der Waals surface area contributed by atoms with Crippen LogP contribution in [0.3, 0.4) is 0 Å². The van der Waals surface area contributed by atoms with E-state index >= 15 is 0 Å². The smallest absolute Gasteiger partial charge is 0.160 e. The van der Waals surface area contributed by atoms with Crippen LogP contribution in [0.4, 0.5) is 0 Å². The highest BCUT2D eigenvalue weighted by atomic mass is 79.9. The van der Waals surface area contributed by atoms with E-state index in [1.165, 1.54) is 11.1 Å². The molecule has 0 bridgehead atoms. The van der Waals surface area contributed by atoms with Crippen LogP contribution in [0.15, 0.2) is 36.4 Å². The molecule has 0 amide bonds. The number of methoxy groups -OCH3 is 4. The summed E-state index contributed by atoms with van der Waals surface area (Å²) in [5, 5.41) is 1.96. The first-order valence-electron chi connectivity index (χ1n) is 10.1. The lowest BCUT2D eigenvalue weighted by atomic mass is 9.81. The molecule has 0 saturated heterocycles. The van der Waals surface area contributed by atoms with Crippen LogP contribution in [-0.2, 0) is 12.8 Å². The zero-order valence-electron chi connectivity index (χ0n) is 18.3. The Kier molecular flexibility index (Phi) is 10.9. The molecule has 2 aromatic rings. The molecule has 0 heterocycles. The van der Waals surface area contributed by atoms with Crippen LogP contribution in [0.5, 0.6) is 23.0 Å². The maximum absolute atomic E-state index is 5.50. The third-order valence-corrected chi connectivity index (χ3v) is 6.86. The minimum atomic E-state index is 0.496. The fourth-order valence-electron chi connectivity index (χ4n) is 3.81. The Balaban J connectivity index is 2.23. The van der Waals surface area contributed by atoms with Gasteiger partial charge in [-0.3, -0.25) is 0 Å². The minimum absolute atomic E-state index is 0.496. The molecule has 0 radical (unpaired) electrons. The minimum Gasteiger partial charge on any atom is -0.493 e. The summed E-state index contributed by atoms with van der Waals surface area (Å²) in [5.74, 6) is 4.12. The summed E-state index contributed by atoms with van der Waals surface area (Å²) in [5.41, 5.74) is 2.53. The van der Waals surface area contributed by atoms with Crippen molar-refractivity contribution >= 4 is 31.9 Å². The molecule has 0 aliphatic rings. The summed E-state index contributed by atoms with van der Waals surface area (Å²) in [6, 6.07) is 12.4. The summed E-state index contributed by atoms with van der Waals surface area (Å²) in [6.07, 6.45) is 4.28. The van der Waals surface area contributed by atoms with E-state index < -0.39 is 0 Å². The Morgan fingerprint density at radius 2 is 1.13 bits per heavy atom. The van der Waals surface area contributed by atoms with Gasteiger partial charge in [0.15, 0.2) is 23.0 Å². The Bertz CT molecular complexity index is 782. The van der Waals surface area contributed by atoms with E-state index in [2.05, 4.69) is 56.1 Å². The molecular weight excluding hydrogens is 512 g/mol. The quantitative estimate of drug-likeness (QED) is 0.277. The van der Waals surface area contributed by atoms with Crippen molar-refractivity contribution in [2.45, 2.75) is 25.7 Å². The van der Waals surface area contributed by atoms with E-state index in [0.717, 1.165) is 59.3 Å². The molecule has 2 aromatic carbocycles. The standard InChI is InChI=1S/C24H32Br2O4/c1-27-21-9-7-17(14-23(21)29-3)12-19(6-5-11-25)20(16-26)13-18-8-10-22(28-2)24(15-18)30-4/h7-10,14-15,19-20H,5-6,11-13,16H2,1-4H3/t19-,20+/m1/s1. The molecule has 0 aliphatic heterocycles. The average Bonchev–Trinajstić information content (AvgIpc) is 2.79. The Morgan fingerprint density at radius 3 is 1.53 bits per heavy atom. The van der Waals surface area contributed by atoms with Gasteiger partial charge in [0, 0.05) is 10.7 Å². The summed E-state index contributed by atoms with van der Waals surface area (Å²) >= 11 is 7.38. The normalized spacial score (nSPS) is 12.9. The van der Waals surface area contributed by atoms with Crippen LogP contribution in [-0.4, -0.2) is 39.1 Å². The van der Waals surface area contributed by atoms with Crippen molar-refractivity contribution in [1.29, 1.82) is 0 Å². The molecule has 0 fully saturated rings. The highest BCUT2D eigenvalue weighted by Crippen LogP contribution is 2.34. The van der Waals surface area contributed by atoms with Gasteiger partial charge in [-0.05, 0) is 72.9 Å². The van der Waals surface area contributed by atoms with Gasteiger partial charge >= 0.3 is 0 Å². The predicted octanol–water partition coefficient (Wildman–Crippen LogP) is 6.31. The van der Waals surface area contributed by atoms with Crippen molar-refractivity contribution in [3.63, 3.8) is 0 Å². The Labute approximate surface area is 197 Å². The number of hydrogen-bond donors (Lipinski definition) is 0. The molecule has 0 unspecified atom stereocenters. The average molecular weight is 544 g/mol. The number of ether oxygens (including phenoxy) is 4. The number of hydrogen-bond acceptors (Lipinski definition) is 4. The van der Waals surface area contributed by atoms with Gasteiger partial charge in [0.25, 0.3) is 0 Å². The molecule has 2 rings (SSSR count). The van der Waals surface area contributed by atoms with Gasteiger partial charge in [-0.15, -0.1) is 0 Å². The fraction of sp³-hybridized carbons (Fsp3) is 0.500. The van der Waals surface area contributed by atoms with Crippen molar-refractivity contribution in [3.8, 4) is 23.0 Å². The highest BCUT2D eigenvalue weighted by Gasteiger charge is 2.22. The predicted molar refractivity (Wildman–Crippen MR) is 130 cm³/mol. The van der Waals surface area contributed by atoms with E-state index in [1.807, 2.05) is 12.1 Å². The largest absolute Gasteiger partial charge is 0.493 e. The van der Waals surface area contributed by atoms with Crippen molar-refractivity contribution in [3.05, 3.63) is 47.5 Å². The molecule has 0 aliphatic carbocycles. The molecule has 4 nitrogen and oxygen atoms in total. The molecule has 0 saturated carbocycles. The molecule has 0 N–H and O–H groups in total. The van der Waals surface area contributed by atoms with Gasteiger partial charge in [-0.25, -0.2) is 0 Å². The summed E-state index contributed by atoms with van der Waals surface area (Å²) in [7, 11) is 6.69. The second kappa shape index (κ2) is 13.1. The maximum atomic E-state index is 5.50. The van der Waals surface area contributed by atoms with E-state index in [0.29, 0.717) is 11.8 Å². The van der Waals surface area contributed by atoms with E-state index in [4.69, 9.17) is 18.9 Å². The first-order valence-corrected chi connectivity index (χ1v) is 12.4. The van der Waals surface area contributed by atoms with Crippen LogP contribution in [0, 0.1) is 11.8 Å². The van der Waals surface area contributed by atoms with Crippen LogP contribution < -0.4 is 18.9 Å². The third-order valence-electron chi connectivity index (χ3n) is 5.47. The molecule has 0 aromatic heterocycles. The molecular formula is C24H32Br2O4. The Morgan fingerprint density at radius 1 is 0.667 bits per heavy atom. The van der Waals surface area contributed by atoms with Gasteiger partial charge in [0.2, 0.25) is 0 Å². The number of benzene rings is 2.